The van der Waals surface area contributed by atoms with Crippen LogP contribution in [0.5, 0.6) is 0 Å². The van der Waals surface area contributed by atoms with E-state index in [1.54, 1.807) is 6.07 Å². The van der Waals surface area contributed by atoms with Gasteiger partial charge >= 0.3 is 0 Å². The molecule has 0 aliphatic heterocycles. The zero-order chi connectivity index (χ0) is 13.7. The maximum atomic E-state index is 11.8. The molecule has 2 aromatic rings. The Bertz CT molecular complexity index is 581. The zero-order valence-corrected chi connectivity index (χ0v) is 10.7. The zero-order valence-electron chi connectivity index (χ0n) is 9.92. The average Bonchev–Trinajstić information content (AvgIpc) is 2.95. The quantitative estimate of drug-likeness (QED) is 0.588. The molecule has 0 spiro atoms. The van der Waals surface area contributed by atoms with Crippen LogP contribution in [0.25, 0.3) is 0 Å². The number of hydrogen-bond acceptors (Lipinski definition) is 4. The van der Waals surface area contributed by atoms with Crippen LogP contribution in [0.15, 0.2) is 42.5 Å². The van der Waals surface area contributed by atoms with Crippen molar-refractivity contribution in [2.75, 3.05) is 0 Å². The number of nitrogens with one attached hydrogen (secondary N) is 2. The predicted molar refractivity (Wildman–Crippen MR) is 71.2 cm³/mol. The van der Waals surface area contributed by atoms with Gasteiger partial charge < -0.3 is 5.32 Å². The van der Waals surface area contributed by atoms with Crippen LogP contribution in [-0.4, -0.2) is 17.0 Å². The summed E-state index contributed by atoms with van der Waals surface area (Å²) in [6.07, 6.45) is 0. The van der Waals surface area contributed by atoms with Crippen molar-refractivity contribution in [2.45, 2.75) is 6.54 Å². The number of carbonyl (C=O) groups excluding carboxylic acids is 2. The summed E-state index contributed by atoms with van der Waals surface area (Å²) in [5.41, 5.74) is 2.53. The minimum Gasteiger partial charge on any atom is -0.347 e. The largest absolute Gasteiger partial charge is 0.347 e. The van der Waals surface area contributed by atoms with E-state index in [2.05, 4.69) is 5.32 Å². The smallest absolute Gasteiger partial charge is 0.284 e. The fourth-order valence-electron chi connectivity index (χ4n) is 1.50. The van der Waals surface area contributed by atoms with E-state index >= 15 is 0 Å². The van der Waals surface area contributed by atoms with Crippen LogP contribution in [0.2, 0.25) is 0 Å². The summed E-state index contributed by atoms with van der Waals surface area (Å²) in [6.45, 7) is 0.430. The highest BCUT2D eigenvalue weighted by Crippen LogP contribution is 2.16. The maximum Gasteiger partial charge on any atom is 0.284 e. The van der Waals surface area contributed by atoms with Crippen molar-refractivity contribution in [1.29, 1.82) is 0 Å². The van der Waals surface area contributed by atoms with Gasteiger partial charge in [0.05, 0.1) is 9.75 Å². The third kappa shape index (κ3) is 3.40. The minimum atomic E-state index is -0.618. The van der Waals surface area contributed by atoms with Gasteiger partial charge in [-0.05, 0) is 17.7 Å². The van der Waals surface area contributed by atoms with Gasteiger partial charge in [0.25, 0.3) is 11.8 Å². The third-order valence-electron chi connectivity index (χ3n) is 2.45. The van der Waals surface area contributed by atoms with E-state index in [0.717, 1.165) is 16.9 Å². The molecule has 1 aromatic carbocycles. The Morgan fingerprint density at radius 2 is 1.63 bits per heavy atom. The maximum absolute atomic E-state index is 11.8. The second-order valence-electron chi connectivity index (χ2n) is 3.77. The van der Waals surface area contributed by atoms with Crippen molar-refractivity contribution >= 4 is 23.2 Å². The molecule has 2 amide bonds. The molecule has 0 aliphatic rings. The lowest BCUT2D eigenvalue weighted by molar-refractivity contribution is 0.0711. The van der Waals surface area contributed by atoms with Crippen LogP contribution in [0.4, 0.5) is 0 Å². The van der Waals surface area contributed by atoms with E-state index in [9.17, 15) is 9.59 Å². The Balaban J connectivity index is 1.97. The monoisotopic (exact) mass is 276 g/mol. The van der Waals surface area contributed by atoms with Gasteiger partial charge in [-0.25, -0.2) is 5.48 Å². The first kappa shape index (κ1) is 13.3. The molecule has 0 atom stereocenters. The molecule has 0 radical (unpaired) electrons. The molecule has 0 saturated carbocycles. The Labute approximate surface area is 113 Å². The van der Waals surface area contributed by atoms with Crippen LogP contribution in [0, 0.1) is 0 Å². The van der Waals surface area contributed by atoms with E-state index in [4.69, 9.17) is 5.21 Å². The molecule has 0 saturated heterocycles. The molecule has 19 heavy (non-hydrogen) atoms. The number of amides is 2. The first-order valence-electron chi connectivity index (χ1n) is 5.57. The molecule has 0 fully saturated rings. The summed E-state index contributed by atoms with van der Waals surface area (Å²) in [4.78, 5) is 23.7. The van der Waals surface area contributed by atoms with Gasteiger partial charge in [-0.2, -0.15) is 0 Å². The summed E-state index contributed by atoms with van der Waals surface area (Å²) in [5, 5.41) is 11.3. The third-order valence-corrected chi connectivity index (χ3v) is 3.53. The summed E-state index contributed by atoms with van der Waals surface area (Å²) in [6, 6.07) is 12.6. The molecule has 98 valence electrons. The molecule has 2 rings (SSSR count). The van der Waals surface area contributed by atoms with E-state index in [-0.39, 0.29) is 10.8 Å². The van der Waals surface area contributed by atoms with Crippen molar-refractivity contribution in [3.63, 3.8) is 0 Å². The van der Waals surface area contributed by atoms with Crippen LogP contribution < -0.4 is 10.8 Å². The van der Waals surface area contributed by atoms with Gasteiger partial charge in [-0.3, -0.25) is 14.8 Å². The predicted octanol–water partition coefficient (Wildman–Crippen LogP) is 1.80. The lowest BCUT2D eigenvalue weighted by Gasteiger charge is -2.03. The molecule has 3 N–H and O–H groups in total. The van der Waals surface area contributed by atoms with E-state index in [1.165, 1.54) is 11.5 Å². The molecule has 0 aliphatic carbocycles. The summed E-state index contributed by atoms with van der Waals surface area (Å²) in [5.74, 6) is -0.863. The van der Waals surface area contributed by atoms with Gasteiger partial charge in [0.2, 0.25) is 0 Å². The van der Waals surface area contributed by atoms with E-state index in [1.807, 2.05) is 30.3 Å². The Morgan fingerprint density at radius 3 is 2.26 bits per heavy atom. The number of benzene rings is 1. The number of carbonyl (C=O) groups is 2. The Kier molecular flexibility index (Phi) is 4.27. The average molecular weight is 276 g/mol. The van der Waals surface area contributed by atoms with Crippen molar-refractivity contribution in [3.05, 3.63) is 57.8 Å². The molecular formula is C13H12N2O3S. The molecule has 0 bridgehead atoms. The molecule has 0 unspecified atom stereocenters. The highest BCUT2D eigenvalue weighted by molar-refractivity contribution is 7.15. The van der Waals surface area contributed by atoms with Crippen LogP contribution in [0.1, 0.15) is 24.9 Å². The van der Waals surface area contributed by atoms with Gasteiger partial charge in [0.15, 0.2) is 0 Å². The lowest BCUT2D eigenvalue weighted by atomic mass is 10.2. The summed E-state index contributed by atoms with van der Waals surface area (Å²) < 4.78 is 0. The van der Waals surface area contributed by atoms with Crippen molar-refractivity contribution in [2.24, 2.45) is 0 Å². The van der Waals surface area contributed by atoms with E-state index < -0.39 is 5.91 Å². The summed E-state index contributed by atoms with van der Waals surface area (Å²) >= 11 is 1.02. The first-order valence-corrected chi connectivity index (χ1v) is 6.39. The fourth-order valence-corrected chi connectivity index (χ4v) is 2.31. The number of hydrogen-bond donors (Lipinski definition) is 3. The minimum absolute atomic E-state index is 0.245. The number of rotatable bonds is 4. The Morgan fingerprint density at radius 1 is 1.00 bits per heavy atom. The highest BCUT2D eigenvalue weighted by atomic mass is 32.1. The van der Waals surface area contributed by atoms with Gasteiger partial charge in [0.1, 0.15) is 0 Å². The summed E-state index contributed by atoms with van der Waals surface area (Å²) in [7, 11) is 0. The first-order chi connectivity index (χ1) is 9.20. The normalized spacial score (nSPS) is 9.95. The topological polar surface area (TPSA) is 78.4 Å². The highest BCUT2D eigenvalue weighted by Gasteiger charge is 2.12. The van der Waals surface area contributed by atoms with Gasteiger partial charge in [0, 0.05) is 6.54 Å². The Hall–Kier alpha value is -2.18. The number of thiophene rings is 1. The fraction of sp³-hybridized carbons (Fsp3) is 0.0769. The SMILES string of the molecule is O=C(NO)c1ccc(C(=O)NCc2ccccc2)s1. The van der Waals surface area contributed by atoms with Gasteiger partial charge in [-0.15, -0.1) is 11.3 Å². The molecule has 1 heterocycles. The molecular weight excluding hydrogens is 264 g/mol. The second-order valence-corrected chi connectivity index (χ2v) is 4.86. The standard InChI is InChI=1S/C13H12N2O3S/c16-12(14-8-9-4-2-1-3-5-9)10-6-7-11(19-10)13(17)15-18/h1-7,18H,8H2,(H,14,16)(H,15,17). The van der Waals surface area contributed by atoms with Crippen LogP contribution in [-0.2, 0) is 6.54 Å². The molecule has 6 heteroatoms. The van der Waals surface area contributed by atoms with E-state index in [0.29, 0.717) is 11.4 Å². The van der Waals surface area contributed by atoms with Crippen molar-refractivity contribution in [1.82, 2.24) is 10.8 Å². The van der Waals surface area contributed by atoms with Crippen LogP contribution >= 0.6 is 11.3 Å². The lowest BCUT2D eigenvalue weighted by Crippen LogP contribution is -2.21. The number of hydroxylamine groups is 1. The second kappa shape index (κ2) is 6.12. The van der Waals surface area contributed by atoms with Crippen molar-refractivity contribution < 1.29 is 14.8 Å². The van der Waals surface area contributed by atoms with Crippen LogP contribution in [0.3, 0.4) is 0 Å². The molecule has 1 aromatic heterocycles. The van der Waals surface area contributed by atoms with Gasteiger partial charge in [-0.1, -0.05) is 30.3 Å². The molecule has 5 nitrogen and oxygen atoms in total. The van der Waals surface area contributed by atoms with Crippen molar-refractivity contribution in [3.8, 4) is 0 Å².